The molecule has 0 saturated heterocycles. The molecule has 12 aromatic carbocycles. The van der Waals surface area contributed by atoms with E-state index in [9.17, 15) is 28.8 Å². The number of hydrogen-bond acceptors (Lipinski definition) is 10. The summed E-state index contributed by atoms with van der Waals surface area (Å²) in [5.74, 6) is 1.29. The highest BCUT2D eigenvalue weighted by molar-refractivity contribution is 6.34. The second-order valence-corrected chi connectivity index (χ2v) is 24.0. The Bertz CT molecular complexity index is 4820. The molecule has 1 unspecified atom stereocenters. The van der Waals surface area contributed by atoms with Crippen molar-refractivity contribution in [2.75, 3.05) is 4.90 Å². The van der Waals surface area contributed by atoms with Gasteiger partial charge in [0.15, 0.2) is 23.1 Å². The molecule has 0 saturated carbocycles. The van der Waals surface area contributed by atoms with E-state index in [0.29, 0.717) is 90.6 Å². The number of benzene rings is 12. The van der Waals surface area contributed by atoms with Crippen molar-refractivity contribution in [2.45, 2.75) is 25.2 Å². The lowest BCUT2D eigenvalue weighted by Gasteiger charge is -2.26. The first kappa shape index (κ1) is 55.9. The van der Waals surface area contributed by atoms with Gasteiger partial charge in [-0.3, -0.25) is 28.8 Å². The molecule has 11 nitrogen and oxygen atoms in total. The molecule has 3 aliphatic carbocycles. The molecular formula is C82H51NO10. The van der Waals surface area contributed by atoms with Crippen LogP contribution in [-0.4, -0.2) is 34.9 Å². The first-order valence-electron chi connectivity index (χ1n) is 30.4. The maximum atomic E-state index is 13.9. The van der Waals surface area contributed by atoms with Gasteiger partial charge in [0.25, 0.3) is 11.8 Å². The number of ether oxygens (including phenoxy) is 4. The summed E-state index contributed by atoms with van der Waals surface area (Å²) in [6, 6.07) is 80.7. The van der Waals surface area contributed by atoms with E-state index in [4.69, 9.17) is 18.9 Å². The Morgan fingerprint density at radius 1 is 0.301 bits per heavy atom. The van der Waals surface area contributed by atoms with Crippen molar-refractivity contribution in [3.05, 3.63) is 328 Å². The third kappa shape index (κ3) is 9.78. The number of rotatable bonds is 16. The highest BCUT2D eigenvalue weighted by atomic mass is 16.5. The van der Waals surface area contributed by atoms with Crippen molar-refractivity contribution >= 4 is 40.6 Å². The summed E-state index contributed by atoms with van der Waals surface area (Å²) in [6.45, 7) is 4.23. The van der Waals surface area contributed by atoms with Crippen LogP contribution in [0.15, 0.2) is 267 Å². The Kier molecular flexibility index (Phi) is 13.2. The van der Waals surface area contributed by atoms with Crippen LogP contribution in [0.3, 0.4) is 0 Å². The van der Waals surface area contributed by atoms with Crippen molar-refractivity contribution in [1.82, 2.24) is 0 Å². The van der Waals surface area contributed by atoms with Crippen molar-refractivity contribution < 1.29 is 47.7 Å². The summed E-state index contributed by atoms with van der Waals surface area (Å²) in [5, 5.41) is 0. The van der Waals surface area contributed by atoms with Crippen LogP contribution in [0.25, 0.3) is 44.5 Å². The maximum Gasteiger partial charge on any atom is 0.266 e. The summed E-state index contributed by atoms with van der Waals surface area (Å²) in [6.07, 6.45) is 0. The van der Waals surface area contributed by atoms with Crippen molar-refractivity contribution in [3.63, 3.8) is 0 Å². The monoisotopic (exact) mass is 1210 g/mol. The predicted octanol–water partition coefficient (Wildman–Crippen LogP) is 18.9. The molecule has 1 atom stereocenters. The topological polar surface area (TPSA) is 143 Å². The maximum absolute atomic E-state index is 13.9. The molecule has 16 rings (SSSR count). The molecule has 0 spiro atoms. The fourth-order valence-corrected chi connectivity index (χ4v) is 13.0. The van der Waals surface area contributed by atoms with Gasteiger partial charge < -0.3 is 18.9 Å². The van der Waals surface area contributed by atoms with Crippen LogP contribution in [0.5, 0.6) is 46.0 Å². The fraction of sp³-hybridized carbons (Fsp3) is 0.0488. The molecular weight excluding hydrogens is 1160 g/mol. The second kappa shape index (κ2) is 22.0. The quantitative estimate of drug-likeness (QED) is 0.0521. The van der Waals surface area contributed by atoms with Crippen molar-refractivity contribution in [3.8, 4) is 90.5 Å². The predicted molar refractivity (Wildman–Crippen MR) is 355 cm³/mol. The zero-order chi connectivity index (χ0) is 63.2. The third-order valence-corrected chi connectivity index (χ3v) is 18.1. The molecule has 0 radical (unpaired) electrons. The van der Waals surface area contributed by atoms with E-state index in [-0.39, 0.29) is 34.3 Å². The standard InChI is InChI=1S/C82H51NO10/c1-82(2,52-19-31-58(32-20-52)92-61-37-41-69-73(45-61)79(87)75(78(69)86)47-11-25-55(26-12-47)90-56-27-13-48(14-28-56)76(84)50-17-39-67-63-7-3-5-9-65(63)71(67)43-50)53-21-33-59(34-22-53)93-62-38-42-70-74(46-62)81(89)83(80(70)88)54-23-35-60(36-24-54)91-57-29-15-49(16-30-57)77(85)51-18-40-68-64-8-4-6-10-66(64)72(68)44-51/h3-46,75H,1-2H3. The number of hydrogen-bond donors (Lipinski definition) is 0. The van der Waals surface area contributed by atoms with Gasteiger partial charge in [0, 0.05) is 38.8 Å². The lowest BCUT2D eigenvalue weighted by atomic mass is 9.78. The fourth-order valence-electron chi connectivity index (χ4n) is 13.0. The molecule has 0 aromatic heterocycles. The van der Waals surface area contributed by atoms with Crippen LogP contribution < -0.4 is 23.8 Å². The Morgan fingerprint density at radius 2 is 0.624 bits per heavy atom. The van der Waals surface area contributed by atoms with Crippen LogP contribution in [0, 0.1) is 0 Å². The number of anilines is 1. The first-order valence-corrected chi connectivity index (χ1v) is 30.4. The second-order valence-electron chi connectivity index (χ2n) is 24.0. The van der Waals surface area contributed by atoms with Crippen molar-refractivity contribution in [2.24, 2.45) is 0 Å². The molecule has 0 fully saturated rings. The van der Waals surface area contributed by atoms with E-state index >= 15 is 0 Å². The molecule has 11 heteroatoms. The van der Waals surface area contributed by atoms with E-state index in [1.165, 1.54) is 11.1 Å². The van der Waals surface area contributed by atoms with Crippen LogP contribution >= 0.6 is 0 Å². The van der Waals surface area contributed by atoms with Gasteiger partial charge in [-0.15, -0.1) is 0 Å². The average molecular weight is 1210 g/mol. The van der Waals surface area contributed by atoms with Gasteiger partial charge in [-0.25, -0.2) is 4.90 Å². The molecule has 1 aliphatic heterocycles. The number of carbonyl (C=O) groups is 6. The minimum absolute atomic E-state index is 0.0768. The van der Waals surface area contributed by atoms with Gasteiger partial charge in [0.05, 0.1) is 16.8 Å². The van der Waals surface area contributed by atoms with E-state index in [2.05, 4.69) is 38.1 Å². The summed E-state index contributed by atoms with van der Waals surface area (Å²) >= 11 is 0. The van der Waals surface area contributed by atoms with Gasteiger partial charge >= 0.3 is 0 Å². The Balaban J connectivity index is 0.513. The highest BCUT2D eigenvalue weighted by Crippen LogP contribution is 2.49. The smallest absolute Gasteiger partial charge is 0.266 e. The van der Waals surface area contributed by atoms with Gasteiger partial charge in [-0.2, -0.15) is 0 Å². The Morgan fingerprint density at radius 3 is 1.09 bits per heavy atom. The van der Waals surface area contributed by atoms with E-state index in [0.717, 1.165) is 49.4 Å². The molecule has 12 aromatic rings. The molecule has 4 aliphatic rings. The summed E-state index contributed by atoms with van der Waals surface area (Å²) in [4.78, 5) is 83.2. The SMILES string of the molecule is CC(C)(c1ccc(Oc2ccc3c(c2)C(=O)C(c2ccc(Oc4ccc(C(=O)c5ccc6c(c5)-c5ccccc5-6)cc4)cc2)C3=O)cc1)c1ccc(Oc2ccc3c(c2)C(=O)N(c2ccc(Oc4ccc(C(=O)c5ccc6c(c5)-c5ccccc5-6)cc4)cc2)C3=O)cc1. The molecule has 0 N–H and O–H groups in total. The van der Waals surface area contributed by atoms with Gasteiger partial charge in [-0.1, -0.05) is 123 Å². The van der Waals surface area contributed by atoms with Crippen molar-refractivity contribution in [1.29, 1.82) is 0 Å². The van der Waals surface area contributed by atoms with E-state index < -0.39 is 23.1 Å². The largest absolute Gasteiger partial charge is 0.457 e. The van der Waals surface area contributed by atoms with Gasteiger partial charge in [0.2, 0.25) is 0 Å². The van der Waals surface area contributed by atoms with Crippen LogP contribution in [-0.2, 0) is 5.41 Å². The highest BCUT2D eigenvalue weighted by Gasteiger charge is 2.41. The third-order valence-electron chi connectivity index (χ3n) is 18.1. The zero-order valence-corrected chi connectivity index (χ0v) is 50.0. The minimum atomic E-state index is -1.00. The van der Waals surface area contributed by atoms with Gasteiger partial charge in [0.1, 0.15) is 51.9 Å². The normalized spacial score (nSPS) is 13.7. The summed E-state index contributed by atoms with van der Waals surface area (Å²) < 4.78 is 24.7. The molecule has 0 bridgehead atoms. The van der Waals surface area contributed by atoms with Gasteiger partial charge in [-0.05, 0) is 219 Å². The molecule has 444 valence electrons. The number of imide groups is 1. The minimum Gasteiger partial charge on any atom is -0.457 e. The number of Topliss-reactive ketones (excluding diaryl/α,β-unsaturated/α-hetero) is 2. The molecule has 2 amide bonds. The number of fused-ring (bicyclic) bond motifs is 10. The lowest BCUT2D eigenvalue weighted by molar-refractivity contribution is 0.0883. The first-order chi connectivity index (χ1) is 45.3. The average Bonchev–Trinajstić information content (AvgIpc) is 1.71. The van der Waals surface area contributed by atoms with Crippen LogP contribution in [0.4, 0.5) is 5.69 Å². The lowest BCUT2D eigenvalue weighted by Crippen LogP contribution is -2.29. The molecule has 1 heterocycles. The van der Waals surface area contributed by atoms with E-state index in [1.54, 1.807) is 133 Å². The number of ketones is 4. The van der Waals surface area contributed by atoms with Crippen LogP contribution in [0.2, 0.25) is 0 Å². The zero-order valence-electron chi connectivity index (χ0n) is 50.0. The Labute approximate surface area is 534 Å². The number of carbonyl (C=O) groups excluding carboxylic acids is 6. The van der Waals surface area contributed by atoms with E-state index in [1.807, 2.05) is 109 Å². The summed E-state index contributed by atoms with van der Waals surface area (Å²) in [5.41, 5.74) is 15.1. The summed E-state index contributed by atoms with van der Waals surface area (Å²) in [7, 11) is 0. The molecule has 93 heavy (non-hydrogen) atoms. The number of nitrogens with zero attached hydrogens (tertiary/aromatic N) is 1. The van der Waals surface area contributed by atoms with Crippen LogP contribution in [0.1, 0.15) is 110 Å². The Hall–Kier alpha value is -12.3. The number of amides is 2.